The molecule has 2 fully saturated rings. The monoisotopic (exact) mass is 504 g/mol. The van der Waals surface area contributed by atoms with E-state index in [9.17, 15) is 0 Å². The first kappa shape index (κ1) is 27.5. The zero-order chi connectivity index (χ0) is 25.9. The number of likely N-dealkylation sites (tertiary alicyclic amines) is 1. The number of nitrogens with two attached hydrogens (primary N) is 1. The first-order valence-corrected chi connectivity index (χ1v) is 14.5. The van der Waals surface area contributed by atoms with Crippen LogP contribution in [0.4, 0.5) is 5.69 Å². The Morgan fingerprint density at radius 1 is 0.946 bits per heavy atom. The van der Waals surface area contributed by atoms with Gasteiger partial charge in [-0.15, -0.1) is 0 Å². The topological polar surface area (TPSA) is 62.9 Å². The van der Waals surface area contributed by atoms with Crippen LogP contribution in [-0.4, -0.2) is 43.6 Å². The zero-order valence-corrected chi connectivity index (χ0v) is 23.1. The molecule has 3 N–H and O–H groups in total. The molecule has 4 rings (SSSR count). The third-order valence-electron chi connectivity index (χ3n) is 8.12. The number of nitrogens with zero attached hydrogens (tertiary/aromatic N) is 2. The highest BCUT2D eigenvalue weighted by atomic mass is 16.5. The van der Waals surface area contributed by atoms with Gasteiger partial charge in [0.15, 0.2) is 5.96 Å². The van der Waals surface area contributed by atoms with Crippen molar-refractivity contribution in [2.75, 3.05) is 38.1 Å². The number of hydrogen-bond acceptors (Lipinski definition) is 3. The highest BCUT2D eigenvalue weighted by molar-refractivity contribution is 5.93. The molecule has 1 heterocycles. The van der Waals surface area contributed by atoms with Gasteiger partial charge in [0.05, 0.1) is 6.61 Å². The molecule has 1 aliphatic carbocycles. The predicted molar refractivity (Wildman–Crippen MR) is 156 cm³/mol. The number of rotatable bonds is 10. The molecule has 5 heteroatoms. The Labute approximate surface area is 224 Å². The lowest BCUT2D eigenvalue weighted by molar-refractivity contribution is 0.246. The maximum absolute atomic E-state index is 6.07. The van der Waals surface area contributed by atoms with Crippen molar-refractivity contribution in [3.63, 3.8) is 0 Å². The Morgan fingerprint density at radius 2 is 1.65 bits per heavy atom. The summed E-state index contributed by atoms with van der Waals surface area (Å²) in [5.41, 5.74) is 8.48. The molecule has 0 radical (unpaired) electrons. The van der Waals surface area contributed by atoms with E-state index in [4.69, 9.17) is 15.5 Å². The fourth-order valence-corrected chi connectivity index (χ4v) is 5.45. The molecule has 1 saturated heterocycles. The van der Waals surface area contributed by atoms with Crippen molar-refractivity contribution in [3.05, 3.63) is 60.2 Å². The molecule has 5 nitrogen and oxygen atoms in total. The molecule has 0 atom stereocenters. The largest absolute Gasteiger partial charge is 0.494 e. The second-order valence-corrected chi connectivity index (χ2v) is 11.9. The van der Waals surface area contributed by atoms with E-state index < -0.39 is 0 Å². The molecule has 0 bridgehead atoms. The Morgan fingerprint density at radius 3 is 2.32 bits per heavy atom. The minimum Gasteiger partial charge on any atom is -0.494 e. The third-order valence-corrected chi connectivity index (χ3v) is 8.12. The van der Waals surface area contributed by atoms with Crippen molar-refractivity contribution in [1.82, 2.24) is 4.90 Å². The van der Waals surface area contributed by atoms with E-state index >= 15 is 0 Å². The van der Waals surface area contributed by atoms with Crippen LogP contribution in [-0.2, 0) is 6.42 Å². The predicted octanol–water partition coefficient (Wildman–Crippen LogP) is 6.74. The van der Waals surface area contributed by atoms with Gasteiger partial charge in [-0.2, -0.15) is 0 Å². The highest BCUT2D eigenvalue weighted by Gasteiger charge is 2.23. The van der Waals surface area contributed by atoms with Crippen molar-refractivity contribution in [3.8, 4) is 5.75 Å². The summed E-state index contributed by atoms with van der Waals surface area (Å²) >= 11 is 0. The molecule has 0 unspecified atom stereocenters. The first-order chi connectivity index (χ1) is 18.0. The van der Waals surface area contributed by atoms with Crippen LogP contribution in [0.2, 0.25) is 0 Å². The van der Waals surface area contributed by atoms with Crippen LogP contribution in [0.15, 0.2) is 59.6 Å². The lowest BCUT2D eigenvalue weighted by Gasteiger charge is -2.35. The zero-order valence-electron chi connectivity index (χ0n) is 23.1. The Bertz CT molecular complexity index is 943. The number of piperidine rings is 1. The van der Waals surface area contributed by atoms with E-state index in [2.05, 4.69) is 78.7 Å². The van der Waals surface area contributed by atoms with Gasteiger partial charge in [0.1, 0.15) is 5.75 Å². The quantitative estimate of drug-likeness (QED) is 0.278. The van der Waals surface area contributed by atoms with Gasteiger partial charge in [0.2, 0.25) is 0 Å². The molecule has 0 aromatic heterocycles. The summed E-state index contributed by atoms with van der Waals surface area (Å²) in [6.45, 7) is 8.55. The first-order valence-electron chi connectivity index (χ1n) is 14.5. The minimum atomic E-state index is -0.0193. The van der Waals surface area contributed by atoms with Gasteiger partial charge in [-0.1, -0.05) is 76.3 Å². The second kappa shape index (κ2) is 13.9. The Balaban J connectivity index is 1.32. The highest BCUT2D eigenvalue weighted by Crippen LogP contribution is 2.27. The fourth-order valence-electron chi connectivity index (χ4n) is 5.45. The molecular weight excluding hydrogens is 456 g/mol. The summed E-state index contributed by atoms with van der Waals surface area (Å²) in [7, 11) is 0. The summed E-state index contributed by atoms with van der Waals surface area (Å²) in [6.07, 6.45) is 11.6. The van der Waals surface area contributed by atoms with Gasteiger partial charge in [-0.3, -0.25) is 4.99 Å². The number of benzene rings is 2. The standard InChI is InChI=1S/C32H48N4O/c1-32(2,24-33)25-34-31(36-20-17-28(18-21-36)23-27-11-7-4-8-12-27)35-29-13-15-30(16-14-29)37-22-19-26-9-5-3-6-10-26/h4,7-8,11-16,26,28H,3,5-6,9-10,17-25,33H2,1-2H3,(H,34,35). The molecule has 0 spiro atoms. The Kier molecular flexibility index (Phi) is 10.3. The van der Waals surface area contributed by atoms with E-state index in [-0.39, 0.29) is 5.41 Å². The number of nitrogens with one attached hydrogen (secondary N) is 1. The summed E-state index contributed by atoms with van der Waals surface area (Å²) in [6, 6.07) is 19.3. The average Bonchev–Trinajstić information content (AvgIpc) is 2.93. The van der Waals surface area contributed by atoms with Gasteiger partial charge in [0.25, 0.3) is 0 Å². The van der Waals surface area contributed by atoms with Crippen molar-refractivity contribution in [1.29, 1.82) is 0 Å². The molecule has 37 heavy (non-hydrogen) atoms. The molecule has 2 aromatic rings. The van der Waals surface area contributed by atoms with Crippen LogP contribution in [0.1, 0.15) is 70.8 Å². The molecule has 2 aliphatic rings. The molecule has 0 amide bonds. The minimum absolute atomic E-state index is 0.0193. The van der Waals surface area contributed by atoms with Gasteiger partial charge in [0, 0.05) is 25.3 Å². The Hall–Kier alpha value is -2.53. The van der Waals surface area contributed by atoms with E-state index in [0.717, 1.165) is 55.3 Å². The molecular formula is C32H48N4O. The summed E-state index contributed by atoms with van der Waals surface area (Å²) in [5.74, 6) is 3.49. The molecule has 1 aliphatic heterocycles. The van der Waals surface area contributed by atoms with Gasteiger partial charge in [-0.25, -0.2) is 0 Å². The van der Waals surface area contributed by atoms with E-state index in [1.165, 1.54) is 56.9 Å². The maximum Gasteiger partial charge on any atom is 0.198 e. The number of hydrogen-bond donors (Lipinski definition) is 2. The molecule has 2 aromatic carbocycles. The summed E-state index contributed by atoms with van der Waals surface area (Å²) < 4.78 is 6.07. The van der Waals surface area contributed by atoms with Crippen LogP contribution in [0, 0.1) is 17.3 Å². The van der Waals surface area contributed by atoms with Crippen LogP contribution in [0.5, 0.6) is 5.75 Å². The van der Waals surface area contributed by atoms with Crippen molar-refractivity contribution < 1.29 is 4.74 Å². The molecule has 202 valence electrons. The third kappa shape index (κ3) is 9.07. The van der Waals surface area contributed by atoms with Crippen LogP contribution < -0.4 is 15.8 Å². The maximum atomic E-state index is 6.07. The van der Waals surface area contributed by atoms with Gasteiger partial charge < -0.3 is 20.7 Å². The summed E-state index contributed by atoms with van der Waals surface area (Å²) in [5, 5.41) is 3.62. The number of anilines is 1. The number of ether oxygens (including phenoxy) is 1. The van der Waals surface area contributed by atoms with Gasteiger partial charge >= 0.3 is 0 Å². The SMILES string of the molecule is CC(C)(CN)CN=C(Nc1ccc(OCCC2CCCCC2)cc1)N1CCC(Cc2ccccc2)CC1. The fraction of sp³-hybridized carbons (Fsp3) is 0.594. The van der Waals surface area contributed by atoms with Crippen molar-refractivity contribution in [2.45, 2.75) is 71.6 Å². The smallest absolute Gasteiger partial charge is 0.198 e. The van der Waals surface area contributed by atoms with Crippen LogP contribution >= 0.6 is 0 Å². The van der Waals surface area contributed by atoms with Crippen LogP contribution in [0.25, 0.3) is 0 Å². The van der Waals surface area contributed by atoms with Crippen LogP contribution in [0.3, 0.4) is 0 Å². The van der Waals surface area contributed by atoms with E-state index in [1.54, 1.807) is 0 Å². The number of guanidine groups is 1. The molecule has 1 saturated carbocycles. The van der Waals surface area contributed by atoms with Crippen molar-refractivity contribution >= 4 is 11.6 Å². The lowest BCUT2D eigenvalue weighted by atomic mass is 9.87. The van der Waals surface area contributed by atoms with Gasteiger partial charge in [-0.05, 0) is 79.3 Å². The lowest BCUT2D eigenvalue weighted by Crippen LogP contribution is -2.43. The van der Waals surface area contributed by atoms with E-state index in [0.29, 0.717) is 13.1 Å². The normalized spacial score (nSPS) is 18.1. The summed E-state index contributed by atoms with van der Waals surface area (Å²) in [4.78, 5) is 7.46. The second-order valence-electron chi connectivity index (χ2n) is 11.9. The van der Waals surface area contributed by atoms with E-state index in [1.807, 2.05) is 0 Å². The number of aliphatic imine (C=N–C) groups is 1. The van der Waals surface area contributed by atoms with Crippen molar-refractivity contribution in [2.24, 2.45) is 28.0 Å². The average molecular weight is 505 g/mol.